The first-order chi connectivity index (χ1) is 7.61. The van der Waals surface area contributed by atoms with E-state index in [1.54, 1.807) is 9.58 Å². The molecule has 1 aromatic heterocycles. The molecule has 2 rings (SSSR count). The van der Waals surface area contributed by atoms with E-state index >= 15 is 0 Å². The highest BCUT2D eigenvalue weighted by Gasteiger charge is 2.33. The van der Waals surface area contributed by atoms with E-state index in [1.807, 2.05) is 20.0 Å². The first-order valence-corrected chi connectivity index (χ1v) is 5.30. The van der Waals surface area contributed by atoms with E-state index in [0.29, 0.717) is 19.5 Å². The van der Waals surface area contributed by atoms with Gasteiger partial charge >= 0.3 is 6.09 Å². The summed E-state index contributed by atoms with van der Waals surface area (Å²) >= 11 is 0. The molecule has 1 aromatic rings. The molecule has 2 N–H and O–H groups in total. The molecule has 16 heavy (non-hydrogen) atoms. The van der Waals surface area contributed by atoms with Crippen LogP contribution in [0.5, 0.6) is 0 Å². The largest absolute Gasteiger partial charge is 0.444 e. The van der Waals surface area contributed by atoms with Crippen LogP contribution in [0.1, 0.15) is 12.1 Å². The summed E-state index contributed by atoms with van der Waals surface area (Å²) in [5, 5.41) is 4.20. The van der Waals surface area contributed by atoms with Crippen LogP contribution in [-0.4, -0.2) is 35.1 Å². The number of hydrogen-bond acceptors (Lipinski definition) is 4. The van der Waals surface area contributed by atoms with Crippen LogP contribution in [0.3, 0.4) is 0 Å². The summed E-state index contributed by atoms with van der Waals surface area (Å²) in [6.07, 6.45) is 0.271. The average Bonchev–Trinajstić information content (AvgIpc) is 2.70. The quantitative estimate of drug-likeness (QED) is 0.806. The minimum absolute atomic E-state index is 0.104. The Hall–Kier alpha value is -1.56. The molecule has 1 unspecified atom stereocenters. The first-order valence-electron chi connectivity index (χ1n) is 5.30. The molecule has 0 aromatic carbocycles. The Balaban J connectivity index is 2.16. The smallest absolute Gasteiger partial charge is 0.415 e. The van der Waals surface area contributed by atoms with Crippen molar-refractivity contribution in [3.05, 3.63) is 11.8 Å². The van der Waals surface area contributed by atoms with Crippen LogP contribution in [0.25, 0.3) is 0 Å². The second kappa shape index (κ2) is 4.13. The molecule has 1 aliphatic rings. The van der Waals surface area contributed by atoms with Gasteiger partial charge in [-0.15, -0.1) is 0 Å². The predicted octanol–water partition coefficient (Wildman–Crippen LogP) is 0.403. The van der Waals surface area contributed by atoms with E-state index in [-0.39, 0.29) is 12.2 Å². The lowest BCUT2D eigenvalue weighted by molar-refractivity contribution is 0.138. The van der Waals surface area contributed by atoms with Crippen LogP contribution in [0.15, 0.2) is 6.07 Å². The molecule has 0 radical (unpaired) electrons. The van der Waals surface area contributed by atoms with E-state index in [1.165, 1.54) is 0 Å². The molecule has 0 saturated carbocycles. The number of carbonyl (C=O) groups excluding carboxylic acids is 1. The van der Waals surface area contributed by atoms with Crippen LogP contribution < -0.4 is 10.6 Å². The lowest BCUT2D eigenvalue weighted by Gasteiger charge is -2.12. The fourth-order valence-corrected chi connectivity index (χ4v) is 1.89. The van der Waals surface area contributed by atoms with Gasteiger partial charge in [-0.05, 0) is 19.9 Å². The molecule has 1 saturated heterocycles. The van der Waals surface area contributed by atoms with Gasteiger partial charge in [0.15, 0.2) is 0 Å². The number of aryl methyl sites for hydroxylation is 2. The average molecular weight is 224 g/mol. The Morgan fingerprint density at radius 2 is 2.44 bits per heavy atom. The number of amides is 1. The zero-order chi connectivity index (χ0) is 11.7. The van der Waals surface area contributed by atoms with E-state index in [4.69, 9.17) is 10.5 Å². The second-order valence-corrected chi connectivity index (χ2v) is 3.96. The van der Waals surface area contributed by atoms with Crippen molar-refractivity contribution in [3.8, 4) is 0 Å². The molecule has 1 aliphatic heterocycles. The van der Waals surface area contributed by atoms with Gasteiger partial charge < -0.3 is 10.5 Å². The molecular weight excluding hydrogens is 208 g/mol. The van der Waals surface area contributed by atoms with Crippen LogP contribution in [0.2, 0.25) is 0 Å². The highest BCUT2D eigenvalue weighted by molar-refractivity contribution is 5.88. The molecule has 2 heterocycles. The van der Waals surface area contributed by atoms with Gasteiger partial charge in [0.2, 0.25) is 0 Å². The maximum Gasteiger partial charge on any atom is 0.415 e. The molecule has 1 amide bonds. The van der Waals surface area contributed by atoms with Crippen LogP contribution in [-0.2, 0) is 11.8 Å². The molecule has 0 aliphatic carbocycles. The summed E-state index contributed by atoms with van der Waals surface area (Å²) in [4.78, 5) is 13.2. The summed E-state index contributed by atoms with van der Waals surface area (Å²) in [7, 11) is 1.81. The minimum Gasteiger partial charge on any atom is -0.444 e. The maximum absolute atomic E-state index is 11.6. The van der Waals surface area contributed by atoms with Gasteiger partial charge in [-0.25, -0.2) is 4.79 Å². The normalized spacial score (nSPS) is 20.3. The van der Waals surface area contributed by atoms with Gasteiger partial charge in [-0.1, -0.05) is 0 Å². The number of anilines is 1. The van der Waals surface area contributed by atoms with Crippen molar-refractivity contribution in [3.63, 3.8) is 0 Å². The van der Waals surface area contributed by atoms with Gasteiger partial charge in [0.1, 0.15) is 11.9 Å². The van der Waals surface area contributed by atoms with Crippen LogP contribution in [0, 0.1) is 6.92 Å². The predicted molar refractivity (Wildman–Crippen MR) is 59.2 cm³/mol. The zero-order valence-electron chi connectivity index (χ0n) is 9.51. The van der Waals surface area contributed by atoms with Crippen molar-refractivity contribution in [2.75, 3.05) is 18.0 Å². The fourth-order valence-electron chi connectivity index (χ4n) is 1.89. The van der Waals surface area contributed by atoms with Crippen molar-refractivity contribution in [2.24, 2.45) is 12.8 Å². The number of cyclic esters (lactones) is 1. The third kappa shape index (κ3) is 1.88. The van der Waals surface area contributed by atoms with Crippen LogP contribution in [0.4, 0.5) is 10.6 Å². The Kier molecular flexibility index (Phi) is 2.82. The monoisotopic (exact) mass is 224 g/mol. The molecular formula is C10H16N4O2. The number of rotatable bonds is 3. The van der Waals surface area contributed by atoms with Crippen molar-refractivity contribution in [2.45, 2.75) is 19.4 Å². The Morgan fingerprint density at radius 1 is 1.69 bits per heavy atom. The van der Waals surface area contributed by atoms with Gasteiger partial charge in [0.25, 0.3) is 0 Å². The first kappa shape index (κ1) is 10.9. The molecule has 0 bridgehead atoms. The molecule has 88 valence electrons. The summed E-state index contributed by atoms with van der Waals surface area (Å²) in [6.45, 7) is 2.97. The van der Waals surface area contributed by atoms with Crippen molar-refractivity contribution < 1.29 is 9.53 Å². The Bertz CT molecular complexity index is 402. The zero-order valence-corrected chi connectivity index (χ0v) is 9.51. The van der Waals surface area contributed by atoms with Crippen molar-refractivity contribution in [1.82, 2.24) is 9.78 Å². The highest BCUT2D eigenvalue weighted by Crippen LogP contribution is 2.22. The topological polar surface area (TPSA) is 73.4 Å². The van der Waals surface area contributed by atoms with Crippen LogP contribution >= 0.6 is 0 Å². The van der Waals surface area contributed by atoms with E-state index < -0.39 is 0 Å². The number of ether oxygens (including phenoxy) is 1. The molecule has 1 fully saturated rings. The molecule has 0 spiro atoms. The number of hydrogen-bond donors (Lipinski definition) is 1. The molecule has 1 atom stereocenters. The fraction of sp³-hybridized carbons (Fsp3) is 0.600. The number of carbonyl (C=O) groups is 1. The lowest BCUT2D eigenvalue weighted by Crippen LogP contribution is -2.27. The van der Waals surface area contributed by atoms with Gasteiger partial charge in [0, 0.05) is 13.1 Å². The maximum atomic E-state index is 11.6. The summed E-state index contributed by atoms with van der Waals surface area (Å²) in [5.74, 6) is 0.766. The Morgan fingerprint density at radius 3 is 3.00 bits per heavy atom. The van der Waals surface area contributed by atoms with Gasteiger partial charge in [-0.3, -0.25) is 9.58 Å². The van der Waals surface area contributed by atoms with Crippen molar-refractivity contribution in [1.29, 1.82) is 0 Å². The van der Waals surface area contributed by atoms with E-state index in [2.05, 4.69) is 5.10 Å². The summed E-state index contributed by atoms with van der Waals surface area (Å²) in [6, 6.07) is 1.87. The Labute approximate surface area is 94.0 Å². The third-order valence-electron chi connectivity index (χ3n) is 2.62. The van der Waals surface area contributed by atoms with E-state index in [9.17, 15) is 4.79 Å². The highest BCUT2D eigenvalue weighted by atomic mass is 16.6. The number of nitrogens with zero attached hydrogens (tertiary/aromatic N) is 3. The van der Waals surface area contributed by atoms with Gasteiger partial charge in [0.05, 0.1) is 12.2 Å². The summed E-state index contributed by atoms with van der Waals surface area (Å²) in [5.41, 5.74) is 6.33. The third-order valence-corrected chi connectivity index (χ3v) is 2.62. The lowest BCUT2D eigenvalue weighted by atomic mass is 10.2. The SMILES string of the molecule is Cc1cc(N2CC(CCN)OC2=O)n(C)n1. The van der Waals surface area contributed by atoms with Crippen molar-refractivity contribution >= 4 is 11.9 Å². The molecule has 6 heteroatoms. The number of nitrogens with two attached hydrogens (primary N) is 1. The number of aromatic nitrogens is 2. The molecule has 6 nitrogen and oxygen atoms in total. The standard InChI is InChI=1S/C10H16N4O2/c1-7-5-9(13(2)12-7)14-6-8(3-4-11)16-10(14)15/h5,8H,3-4,6,11H2,1-2H3. The minimum atomic E-state index is -0.318. The summed E-state index contributed by atoms with van der Waals surface area (Å²) < 4.78 is 6.88. The van der Waals surface area contributed by atoms with E-state index in [0.717, 1.165) is 11.5 Å². The second-order valence-electron chi connectivity index (χ2n) is 3.96. The van der Waals surface area contributed by atoms with Gasteiger partial charge in [-0.2, -0.15) is 5.10 Å².